The van der Waals surface area contributed by atoms with Crippen LogP contribution in [0.25, 0.3) is 0 Å². The van der Waals surface area contributed by atoms with E-state index < -0.39 is 24.0 Å². The molecule has 1 aromatic heterocycles. The van der Waals surface area contributed by atoms with Crippen molar-refractivity contribution in [1.82, 2.24) is 19.8 Å². The summed E-state index contributed by atoms with van der Waals surface area (Å²) in [5.41, 5.74) is -0.358. The van der Waals surface area contributed by atoms with Crippen molar-refractivity contribution in [3.8, 4) is 0 Å². The molecule has 1 aliphatic heterocycles. The lowest BCUT2D eigenvalue weighted by molar-refractivity contribution is -0.147. The Morgan fingerprint density at radius 3 is 2.57 bits per heavy atom. The number of halogens is 3. The summed E-state index contributed by atoms with van der Waals surface area (Å²) in [4.78, 5) is 27.6. The summed E-state index contributed by atoms with van der Waals surface area (Å²) in [5.74, 6) is -1.48. The van der Waals surface area contributed by atoms with Gasteiger partial charge in [-0.05, 0) is 18.8 Å². The number of imidazole rings is 1. The molecule has 1 saturated carbocycles. The summed E-state index contributed by atoms with van der Waals surface area (Å²) in [6.07, 6.45) is -3.96. The molecule has 7 nitrogen and oxygen atoms in total. The fourth-order valence-corrected chi connectivity index (χ4v) is 2.57. The Kier molecular flexibility index (Phi) is 3.69. The lowest BCUT2D eigenvalue weighted by Gasteiger charge is -2.27. The first-order valence-electron chi connectivity index (χ1n) is 7.20. The van der Waals surface area contributed by atoms with Crippen LogP contribution in [0.3, 0.4) is 0 Å². The van der Waals surface area contributed by atoms with E-state index in [4.69, 9.17) is 5.11 Å². The zero-order chi connectivity index (χ0) is 16.8. The number of aromatic nitrogens is 2. The molecular formula is C13H15F3N4O3. The number of nitrogens with one attached hydrogen (secondary N) is 1. The van der Waals surface area contributed by atoms with Gasteiger partial charge in [-0.3, -0.25) is 4.79 Å². The van der Waals surface area contributed by atoms with E-state index in [1.807, 2.05) is 0 Å². The standard InChI is InChI=1S/C13H15F3N4O3/c14-13(15,16)11-18-9(10(21)17-5-7-1-2-7)8-6-19(12(22)23)3-4-20(8)11/h7H,1-6H2,(H,17,21)(H,22,23). The number of amides is 2. The molecule has 1 aromatic rings. The van der Waals surface area contributed by atoms with Gasteiger partial charge in [0.05, 0.1) is 12.2 Å². The molecule has 1 fully saturated rings. The molecule has 0 saturated heterocycles. The van der Waals surface area contributed by atoms with Crippen LogP contribution in [-0.4, -0.2) is 44.6 Å². The fourth-order valence-electron chi connectivity index (χ4n) is 2.57. The molecule has 2 N–H and O–H groups in total. The molecule has 0 unspecified atom stereocenters. The fraction of sp³-hybridized carbons (Fsp3) is 0.615. The summed E-state index contributed by atoms with van der Waals surface area (Å²) in [6, 6.07) is 0. The molecule has 126 valence electrons. The van der Waals surface area contributed by atoms with Gasteiger partial charge in [0.15, 0.2) is 5.69 Å². The first kappa shape index (κ1) is 15.6. The van der Waals surface area contributed by atoms with Gasteiger partial charge in [0.1, 0.15) is 0 Å². The van der Waals surface area contributed by atoms with Crippen molar-refractivity contribution in [2.24, 2.45) is 5.92 Å². The normalized spacial score (nSPS) is 17.8. The third-order valence-corrected chi connectivity index (χ3v) is 3.99. The number of rotatable bonds is 3. The Morgan fingerprint density at radius 1 is 1.30 bits per heavy atom. The van der Waals surface area contributed by atoms with E-state index in [9.17, 15) is 22.8 Å². The van der Waals surface area contributed by atoms with Crippen molar-refractivity contribution in [2.45, 2.75) is 32.1 Å². The number of hydrogen-bond acceptors (Lipinski definition) is 3. The monoisotopic (exact) mass is 332 g/mol. The highest BCUT2D eigenvalue weighted by Gasteiger charge is 2.41. The molecule has 3 rings (SSSR count). The van der Waals surface area contributed by atoms with Crippen LogP contribution in [0.5, 0.6) is 0 Å². The van der Waals surface area contributed by atoms with Gasteiger partial charge in [-0.2, -0.15) is 13.2 Å². The van der Waals surface area contributed by atoms with Crippen molar-refractivity contribution in [3.05, 3.63) is 17.2 Å². The molecular weight excluding hydrogens is 317 g/mol. The molecule has 2 heterocycles. The molecule has 0 spiro atoms. The molecule has 0 bridgehead atoms. The third-order valence-electron chi connectivity index (χ3n) is 3.99. The molecule has 10 heteroatoms. The number of carbonyl (C=O) groups excluding carboxylic acids is 1. The van der Waals surface area contributed by atoms with Gasteiger partial charge in [0.25, 0.3) is 5.91 Å². The summed E-state index contributed by atoms with van der Waals surface area (Å²) in [5, 5.41) is 11.6. The lowest BCUT2D eigenvalue weighted by atomic mass is 10.2. The van der Waals surface area contributed by atoms with Crippen molar-refractivity contribution in [1.29, 1.82) is 0 Å². The van der Waals surface area contributed by atoms with Gasteiger partial charge in [-0.1, -0.05) is 0 Å². The molecule has 0 radical (unpaired) electrons. The first-order valence-corrected chi connectivity index (χ1v) is 7.20. The third kappa shape index (κ3) is 3.10. The first-order chi connectivity index (χ1) is 10.8. The topological polar surface area (TPSA) is 87.5 Å². The highest BCUT2D eigenvalue weighted by molar-refractivity contribution is 5.93. The zero-order valence-corrected chi connectivity index (χ0v) is 12.1. The van der Waals surface area contributed by atoms with Crippen LogP contribution in [0.1, 0.15) is 34.8 Å². The van der Waals surface area contributed by atoms with Gasteiger partial charge < -0.3 is 19.9 Å². The highest BCUT2D eigenvalue weighted by atomic mass is 19.4. The molecule has 0 atom stereocenters. The van der Waals surface area contributed by atoms with Crippen molar-refractivity contribution < 1.29 is 27.9 Å². The van der Waals surface area contributed by atoms with E-state index in [2.05, 4.69) is 10.3 Å². The van der Waals surface area contributed by atoms with E-state index in [-0.39, 0.29) is 31.0 Å². The van der Waals surface area contributed by atoms with Crippen LogP contribution < -0.4 is 5.32 Å². The van der Waals surface area contributed by atoms with E-state index in [0.717, 1.165) is 22.3 Å². The molecule has 23 heavy (non-hydrogen) atoms. The molecule has 1 aliphatic carbocycles. The largest absolute Gasteiger partial charge is 0.465 e. The van der Waals surface area contributed by atoms with Gasteiger partial charge in [0.2, 0.25) is 5.82 Å². The minimum atomic E-state index is -4.70. The Hall–Kier alpha value is -2.26. The Labute approximate surface area is 129 Å². The van der Waals surface area contributed by atoms with Gasteiger partial charge in [-0.25, -0.2) is 9.78 Å². The summed E-state index contributed by atoms with van der Waals surface area (Å²) in [7, 11) is 0. The van der Waals surface area contributed by atoms with Crippen molar-refractivity contribution in [2.75, 3.05) is 13.1 Å². The number of fused-ring (bicyclic) bond motifs is 1. The van der Waals surface area contributed by atoms with E-state index in [1.165, 1.54) is 0 Å². The average molecular weight is 332 g/mol. The second kappa shape index (κ2) is 5.43. The summed E-state index contributed by atoms with van der Waals surface area (Å²) in [6.45, 7) is -0.149. The molecule has 0 aromatic carbocycles. The maximum atomic E-state index is 13.1. The van der Waals surface area contributed by atoms with E-state index >= 15 is 0 Å². The Balaban J connectivity index is 1.92. The predicted octanol–water partition coefficient (Wildman–Crippen LogP) is 1.54. The van der Waals surface area contributed by atoms with Gasteiger partial charge >= 0.3 is 12.3 Å². The van der Waals surface area contributed by atoms with Crippen LogP contribution in [0.2, 0.25) is 0 Å². The number of alkyl halides is 3. The molecule has 2 aliphatic rings. The Morgan fingerprint density at radius 2 is 2.00 bits per heavy atom. The highest BCUT2D eigenvalue weighted by Crippen LogP contribution is 2.32. The van der Waals surface area contributed by atoms with Crippen molar-refractivity contribution in [3.63, 3.8) is 0 Å². The maximum Gasteiger partial charge on any atom is 0.449 e. The van der Waals surface area contributed by atoms with Crippen LogP contribution in [0, 0.1) is 5.92 Å². The van der Waals surface area contributed by atoms with Crippen molar-refractivity contribution >= 4 is 12.0 Å². The van der Waals surface area contributed by atoms with E-state index in [1.54, 1.807) is 0 Å². The van der Waals surface area contributed by atoms with Crippen LogP contribution in [0.4, 0.5) is 18.0 Å². The Bertz CT molecular complexity index is 652. The molecule has 2 amide bonds. The average Bonchev–Trinajstić information content (AvgIpc) is 3.21. The van der Waals surface area contributed by atoms with Crippen LogP contribution in [0.15, 0.2) is 0 Å². The van der Waals surface area contributed by atoms with Crippen LogP contribution in [-0.2, 0) is 19.3 Å². The quantitative estimate of drug-likeness (QED) is 0.879. The summed E-state index contributed by atoms with van der Waals surface area (Å²) >= 11 is 0. The van der Waals surface area contributed by atoms with Gasteiger partial charge in [0, 0.05) is 19.6 Å². The maximum absolute atomic E-state index is 13.1. The second-order valence-corrected chi connectivity index (χ2v) is 5.74. The minimum Gasteiger partial charge on any atom is -0.465 e. The predicted molar refractivity (Wildman–Crippen MR) is 70.7 cm³/mol. The van der Waals surface area contributed by atoms with Gasteiger partial charge in [-0.15, -0.1) is 0 Å². The zero-order valence-electron chi connectivity index (χ0n) is 12.1. The lowest BCUT2D eigenvalue weighted by Crippen LogP contribution is -2.39. The second-order valence-electron chi connectivity index (χ2n) is 5.74. The number of carbonyl (C=O) groups is 2. The summed E-state index contributed by atoms with van der Waals surface area (Å²) < 4.78 is 40.2. The number of carboxylic acid groups (broad SMARTS) is 1. The van der Waals surface area contributed by atoms with E-state index in [0.29, 0.717) is 12.5 Å². The number of hydrogen-bond donors (Lipinski definition) is 2. The van der Waals surface area contributed by atoms with Crippen LogP contribution >= 0.6 is 0 Å². The minimum absolute atomic E-state index is 0.0146. The SMILES string of the molecule is O=C(NCC1CC1)c1nc(C(F)(F)F)n2c1CN(C(=O)O)CC2. The number of nitrogens with zero attached hydrogens (tertiary/aromatic N) is 3. The smallest absolute Gasteiger partial charge is 0.449 e.